The molecule has 0 spiro atoms. The van der Waals surface area contributed by atoms with Crippen LogP contribution in [0.3, 0.4) is 0 Å². The summed E-state index contributed by atoms with van der Waals surface area (Å²) in [6.07, 6.45) is 0. The molecular formula is C27H22F2N4O3. The number of fused-ring (bicyclic) bond motifs is 1. The number of nitrogens with one attached hydrogen (secondary N) is 1. The van der Waals surface area contributed by atoms with Gasteiger partial charge in [0.15, 0.2) is 0 Å². The van der Waals surface area contributed by atoms with Gasteiger partial charge in [-0.1, -0.05) is 23.4 Å². The van der Waals surface area contributed by atoms with Gasteiger partial charge in [-0.2, -0.15) is 8.78 Å². The lowest BCUT2D eigenvalue weighted by Crippen LogP contribution is -2.12. The van der Waals surface area contributed by atoms with E-state index in [1.165, 1.54) is 0 Å². The molecule has 7 nitrogen and oxygen atoms in total. The summed E-state index contributed by atoms with van der Waals surface area (Å²) in [6.45, 7) is 1.19. The zero-order valence-electron chi connectivity index (χ0n) is 19.5. The third-order valence-electron chi connectivity index (χ3n) is 5.85. The van der Waals surface area contributed by atoms with Crippen molar-refractivity contribution in [3.05, 3.63) is 95.4 Å². The number of nitrogens with zero attached hydrogens (tertiary/aromatic N) is 3. The van der Waals surface area contributed by atoms with Gasteiger partial charge in [-0.25, -0.2) is 4.98 Å². The molecule has 2 aromatic heterocycles. The lowest BCUT2D eigenvalue weighted by molar-refractivity contribution is 0.0764. The number of aromatic nitrogens is 3. The van der Waals surface area contributed by atoms with Crippen LogP contribution in [-0.4, -0.2) is 20.6 Å². The number of rotatable bonds is 7. The summed E-state index contributed by atoms with van der Waals surface area (Å²) in [5.74, 6) is 1.05. The van der Waals surface area contributed by atoms with E-state index in [1.807, 2.05) is 13.8 Å². The predicted molar refractivity (Wildman–Crippen MR) is 131 cm³/mol. The average Bonchev–Trinajstić information content (AvgIpc) is 3.43. The van der Waals surface area contributed by atoms with Gasteiger partial charge in [0.25, 0.3) is 5.91 Å². The number of hydrogen-bond donors (Lipinski definition) is 1. The Morgan fingerprint density at radius 1 is 1.06 bits per heavy atom. The van der Waals surface area contributed by atoms with Crippen LogP contribution >= 0.6 is 0 Å². The maximum Gasteiger partial charge on any atom is 0.320 e. The summed E-state index contributed by atoms with van der Waals surface area (Å²) >= 11 is 0. The van der Waals surface area contributed by atoms with E-state index >= 15 is 0 Å². The highest BCUT2D eigenvalue weighted by Crippen LogP contribution is 2.30. The molecule has 0 bridgehead atoms. The van der Waals surface area contributed by atoms with Crippen molar-refractivity contribution in [2.24, 2.45) is 0 Å². The molecule has 0 atom stereocenters. The zero-order valence-corrected chi connectivity index (χ0v) is 19.5. The van der Waals surface area contributed by atoms with Gasteiger partial charge in [0, 0.05) is 16.8 Å². The van der Waals surface area contributed by atoms with Gasteiger partial charge in [0.1, 0.15) is 23.9 Å². The van der Waals surface area contributed by atoms with Crippen molar-refractivity contribution in [2.75, 3.05) is 5.32 Å². The van der Waals surface area contributed by atoms with Crippen molar-refractivity contribution in [3.8, 4) is 17.1 Å². The van der Waals surface area contributed by atoms with Crippen LogP contribution in [0.15, 0.2) is 77.3 Å². The normalized spacial score (nSPS) is 11.2. The Labute approximate surface area is 205 Å². The first-order chi connectivity index (χ1) is 17.4. The highest BCUT2D eigenvalue weighted by molar-refractivity contribution is 6.04. The van der Waals surface area contributed by atoms with Crippen LogP contribution in [-0.2, 0) is 6.61 Å². The van der Waals surface area contributed by atoms with Gasteiger partial charge in [-0.15, -0.1) is 0 Å². The zero-order chi connectivity index (χ0) is 25.2. The summed E-state index contributed by atoms with van der Waals surface area (Å²) < 4.78 is 39.4. The second-order valence-corrected chi connectivity index (χ2v) is 8.22. The Bertz CT molecular complexity index is 1520. The SMILES string of the molecule is Cc1noc(C)c1COc1cccc(C(=O)Nc2ccc(-c3nc4ccccc4n3C(F)F)cc2)c1. The average molecular weight is 488 g/mol. The minimum Gasteiger partial charge on any atom is -0.489 e. The monoisotopic (exact) mass is 488 g/mol. The van der Waals surface area contributed by atoms with E-state index in [2.05, 4.69) is 15.5 Å². The number of aryl methyl sites for hydroxylation is 2. The number of imidazole rings is 1. The van der Waals surface area contributed by atoms with Crippen LogP contribution in [0.4, 0.5) is 14.5 Å². The van der Waals surface area contributed by atoms with Gasteiger partial charge >= 0.3 is 6.55 Å². The molecule has 0 radical (unpaired) electrons. The summed E-state index contributed by atoms with van der Waals surface area (Å²) in [5, 5.41) is 6.73. The molecule has 36 heavy (non-hydrogen) atoms. The molecule has 1 N–H and O–H groups in total. The third-order valence-corrected chi connectivity index (χ3v) is 5.85. The Morgan fingerprint density at radius 3 is 2.56 bits per heavy atom. The van der Waals surface area contributed by atoms with E-state index < -0.39 is 6.55 Å². The third kappa shape index (κ3) is 4.55. The molecule has 0 fully saturated rings. The second-order valence-electron chi connectivity index (χ2n) is 8.22. The minimum absolute atomic E-state index is 0.159. The number of para-hydroxylation sites is 2. The number of carbonyl (C=O) groups is 1. The maximum atomic E-state index is 13.8. The molecule has 5 rings (SSSR count). The van der Waals surface area contributed by atoms with Gasteiger partial charge in [0.2, 0.25) is 0 Å². The topological polar surface area (TPSA) is 82.2 Å². The van der Waals surface area contributed by atoms with E-state index in [9.17, 15) is 13.6 Å². The maximum absolute atomic E-state index is 13.8. The number of alkyl halides is 2. The second kappa shape index (κ2) is 9.61. The summed E-state index contributed by atoms with van der Waals surface area (Å²) in [6, 6.07) is 20.2. The molecule has 9 heteroatoms. The lowest BCUT2D eigenvalue weighted by atomic mass is 10.1. The van der Waals surface area contributed by atoms with Gasteiger partial charge in [-0.05, 0) is 68.4 Å². The van der Waals surface area contributed by atoms with E-state index in [-0.39, 0.29) is 18.3 Å². The number of anilines is 1. The molecule has 0 saturated heterocycles. The molecule has 5 aromatic rings. The van der Waals surface area contributed by atoms with Crippen molar-refractivity contribution in [2.45, 2.75) is 27.0 Å². The molecule has 0 aliphatic rings. The Morgan fingerprint density at radius 2 is 1.83 bits per heavy atom. The number of benzene rings is 3. The van der Waals surface area contributed by atoms with Crippen LogP contribution in [0.2, 0.25) is 0 Å². The highest BCUT2D eigenvalue weighted by Gasteiger charge is 2.19. The van der Waals surface area contributed by atoms with Crippen LogP contribution in [0, 0.1) is 13.8 Å². The Balaban J connectivity index is 1.30. The summed E-state index contributed by atoms with van der Waals surface area (Å²) in [4.78, 5) is 17.2. The first-order valence-corrected chi connectivity index (χ1v) is 11.2. The van der Waals surface area contributed by atoms with Crippen LogP contribution in [0.25, 0.3) is 22.4 Å². The molecule has 0 aliphatic carbocycles. The van der Waals surface area contributed by atoms with Crippen molar-refractivity contribution < 1.29 is 22.8 Å². The van der Waals surface area contributed by atoms with Crippen molar-refractivity contribution in [1.82, 2.24) is 14.7 Å². The van der Waals surface area contributed by atoms with Crippen molar-refractivity contribution in [3.63, 3.8) is 0 Å². The largest absolute Gasteiger partial charge is 0.489 e. The molecule has 1 amide bonds. The first kappa shape index (κ1) is 23.2. The fourth-order valence-electron chi connectivity index (χ4n) is 3.94. The molecular weight excluding hydrogens is 466 g/mol. The molecule has 0 unspecified atom stereocenters. The van der Waals surface area contributed by atoms with E-state index in [0.717, 1.165) is 15.8 Å². The Hall–Kier alpha value is -4.53. The fourth-order valence-corrected chi connectivity index (χ4v) is 3.94. The van der Waals surface area contributed by atoms with Crippen LogP contribution < -0.4 is 10.1 Å². The van der Waals surface area contributed by atoms with Gasteiger partial charge < -0.3 is 14.6 Å². The van der Waals surface area contributed by atoms with Crippen molar-refractivity contribution in [1.29, 1.82) is 0 Å². The number of carbonyl (C=O) groups excluding carboxylic acids is 1. The molecule has 0 saturated carbocycles. The molecule has 2 heterocycles. The summed E-state index contributed by atoms with van der Waals surface area (Å²) in [7, 11) is 0. The van der Waals surface area contributed by atoms with Crippen LogP contribution in [0.5, 0.6) is 5.75 Å². The minimum atomic E-state index is -2.74. The number of amides is 1. The van der Waals surface area contributed by atoms with Gasteiger partial charge in [0.05, 0.1) is 22.3 Å². The predicted octanol–water partition coefficient (Wildman–Crippen LogP) is 6.53. The van der Waals surface area contributed by atoms with Crippen molar-refractivity contribution >= 4 is 22.6 Å². The number of ether oxygens (including phenoxy) is 1. The number of hydrogen-bond acceptors (Lipinski definition) is 5. The van der Waals surface area contributed by atoms with Gasteiger partial charge in [-0.3, -0.25) is 9.36 Å². The van der Waals surface area contributed by atoms with Crippen LogP contribution in [0.1, 0.15) is 33.9 Å². The first-order valence-electron chi connectivity index (χ1n) is 11.2. The highest BCUT2D eigenvalue weighted by atomic mass is 19.3. The molecule has 3 aromatic carbocycles. The number of halogens is 2. The van der Waals surface area contributed by atoms with E-state index in [0.29, 0.717) is 39.4 Å². The smallest absolute Gasteiger partial charge is 0.320 e. The Kier molecular flexibility index (Phi) is 6.20. The summed E-state index contributed by atoms with van der Waals surface area (Å²) in [5.41, 5.74) is 3.91. The molecule has 0 aliphatic heterocycles. The quantitative estimate of drug-likeness (QED) is 0.282. The van der Waals surface area contributed by atoms with E-state index in [1.54, 1.807) is 72.8 Å². The molecule has 182 valence electrons. The standard InChI is InChI=1S/C27H22F2N4O3/c1-16-22(17(2)36-32-16)15-35-21-7-5-6-19(14-21)26(34)30-20-12-10-18(11-13-20)25-31-23-8-3-4-9-24(23)33(25)27(28)29/h3-14,27H,15H2,1-2H3,(H,30,34). The lowest BCUT2D eigenvalue weighted by Gasteiger charge is -2.10. The van der Waals surface area contributed by atoms with E-state index in [4.69, 9.17) is 9.26 Å². The fraction of sp³-hybridized carbons (Fsp3) is 0.148.